The zero-order chi connectivity index (χ0) is 19.9. The van der Waals surface area contributed by atoms with Crippen LogP contribution in [0.5, 0.6) is 11.5 Å². The first-order chi connectivity index (χ1) is 13.4. The number of hydrogen-bond donors (Lipinski definition) is 1. The zero-order valence-electron chi connectivity index (χ0n) is 15.9. The van der Waals surface area contributed by atoms with Crippen LogP contribution in [-0.4, -0.2) is 72.3 Å². The molecule has 2 fully saturated rings. The van der Waals surface area contributed by atoms with Crippen molar-refractivity contribution in [3.63, 3.8) is 0 Å². The molecule has 1 aromatic rings. The Kier molecular flexibility index (Phi) is 4.62. The lowest BCUT2D eigenvalue weighted by atomic mass is 9.92. The first kappa shape index (κ1) is 18.5. The minimum absolute atomic E-state index is 0.0583. The normalized spacial score (nSPS) is 26.6. The van der Waals surface area contributed by atoms with Crippen molar-refractivity contribution in [3.8, 4) is 11.5 Å². The van der Waals surface area contributed by atoms with E-state index in [9.17, 15) is 14.4 Å². The fraction of sp³-hybridized carbons (Fsp3) is 0.526. The molecule has 4 amide bonds. The third kappa shape index (κ3) is 3.37. The summed E-state index contributed by atoms with van der Waals surface area (Å²) in [6.07, 6.45) is 0.227. The fourth-order valence-electron chi connectivity index (χ4n) is 3.75. The lowest BCUT2D eigenvalue weighted by Crippen LogP contribution is -2.50. The van der Waals surface area contributed by atoms with E-state index in [-0.39, 0.29) is 31.8 Å². The number of imide groups is 1. The highest BCUT2D eigenvalue weighted by Crippen LogP contribution is 2.34. The molecule has 1 aromatic carbocycles. The molecule has 150 valence electrons. The molecule has 0 radical (unpaired) electrons. The van der Waals surface area contributed by atoms with Gasteiger partial charge in [0.2, 0.25) is 12.7 Å². The average molecular weight is 389 g/mol. The van der Waals surface area contributed by atoms with Gasteiger partial charge < -0.3 is 24.4 Å². The molecule has 0 saturated carbocycles. The van der Waals surface area contributed by atoms with Gasteiger partial charge in [-0.1, -0.05) is 6.07 Å². The van der Waals surface area contributed by atoms with Crippen molar-refractivity contribution in [1.82, 2.24) is 15.1 Å². The molecule has 3 aliphatic rings. The standard InChI is InChI=1S/C19H23N3O6/c1-12-9-21(5-6-26-12)16(23)10-22-17(24)19(2,20-18(22)25)8-13-3-4-14-15(7-13)28-11-27-14/h3-4,7,12H,5-6,8-11H2,1-2H3,(H,20,25)/t12-,19+/m0/s1. The molecular formula is C19H23N3O6. The molecule has 0 bridgehead atoms. The number of fused-ring (bicyclic) bond motifs is 1. The predicted molar refractivity (Wildman–Crippen MR) is 96.9 cm³/mol. The monoisotopic (exact) mass is 389 g/mol. The Labute approximate surface area is 162 Å². The van der Waals surface area contributed by atoms with Gasteiger partial charge in [-0.05, 0) is 31.5 Å². The third-order valence-corrected chi connectivity index (χ3v) is 5.23. The fourth-order valence-corrected chi connectivity index (χ4v) is 3.75. The van der Waals surface area contributed by atoms with Crippen LogP contribution in [0, 0.1) is 0 Å². The summed E-state index contributed by atoms with van der Waals surface area (Å²) in [7, 11) is 0. The van der Waals surface area contributed by atoms with Crippen LogP contribution in [0.2, 0.25) is 0 Å². The molecule has 2 atom stereocenters. The quantitative estimate of drug-likeness (QED) is 0.754. The van der Waals surface area contributed by atoms with Crippen LogP contribution in [0.1, 0.15) is 19.4 Å². The number of carbonyl (C=O) groups is 3. The summed E-state index contributed by atoms with van der Waals surface area (Å²) in [5.74, 6) is 0.602. The summed E-state index contributed by atoms with van der Waals surface area (Å²) in [4.78, 5) is 40.5. The number of rotatable bonds is 4. The summed E-state index contributed by atoms with van der Waals surface area (Å²) >= 11 is 0. The number of morpholine rings is 1. The van der Waals surface area contributed by atoms with Crippen molar-refractivity contribution >= 4 is 17.8 Å². The van der Waals surface area contributed by atoms with Gasteiger partial charge in [0.25, 0.3) is 5.91 Å². The van der Waals surface area contributed by atoms with Gasteiger partial charge >= 0.3 is 6.03 Å². The van der Waals surface area contributed by atoms with Gasteiger partial charge in [-0.15, -0.1) is 0 Å². The van der Waals surface area contributed by atoms with E-state index in [0.29, 0.717) is 31.2 Å². The molecule has 1 N–H and O–H groups in total. The van der Waals surface area contributed by atoms with Crippen molar-refractivity contribution in [3.05, 3.63) is 23.8 Å². The van der Waals surface area contributed by atoms with Crippen LogP contribution in [0.4, 0.5) is 4.79 Å². The molecule has 2 saturated heterocycles. The van der Waals surface area contributed by atoms with Crippen molar-refractivity contribution in [2.24, 2.45) is 0 Å². The summed E-state index contributed by atoms with van der Waals surface area (Å²) in [6, 6.07) is 4.86. The maximum atomic E-state index is 12.9. The Morgan fingerprint density at radius 3 is 2.86 bits per heavy atom. The first-order valence-corrected chi connectivity index (χ1v) is 9.28. The van der Waals surface area contributed by atoms with Gasteiger partial charge in [-0.25, -0.2) is 4.79 Å². The van der Waals surface area contributed by atoms with E-state index in [1.807, 2.05) is 13.0 Å². The number of urea groups is 1. The van der Waals surface area contributed by atoms with E-state index in [0.717, 1.165) is 10.5 Å². The number of ether oxygens (including phenoxy) is 3. The van der Waals surface area contributed by atoms with Crippen LogP contribution in [0.15, 0.2) is 18.2 Å². The van der Waals surface area contributed by atoms with Crippen molar-refractivity contribution < 1.29 is 28.6 Å². The number of amides is 4. The summed E-state index contributed by atoms with van der Waals surface area (Å²) < 4.78 is 16.1. The molecule has 0 aromatic heterocycles. The Balaban J connectivity index is 1.44. The maximum Gasteiger partial charge on any atom is 0.325 e. The van der Waals surface area contributed by atoms with E-state index < -0.39 is 17.5 Å². The van der Waals surface area contributed by atoms with Crippen LogP contribution in [0.25, 0.3) is 0 Å². The Morgan fingerprint density at radius 2 is 2.07 bits per heavy atom. The molecule has 9 nitrogen and oxygen atoms in total. The summed E-state index contributed by atoms with van der Waals surface area (Å²) in [6.45, 7) is 4.82. The molecule has 4 rings (SSSR count). The molecule has 3 heterocycles. The van der Waals surface area contributed by atoms with Crippen LogP contribution >= 0.6 is 0 Å². The molecule has 0 aliphatic carbocycles. The summed E-state index contributed by atoms with van der Waals surface area (Å²) in [5.41, 5.74) is -0.292. The maximum absolute atomic E-state index is 12.9. The van der Waals surface area contributed by atoms with E-state index in [4.69, 9.17) is 14.2 Å². The second kappa shape index (κ2) is 6.97. The highest BCUT2D eigenvalue weighted by molar-refractivity contribution is 6.09. The van der Waals surface area contributed by atoms with Gasteiger partial charge in [0.15, 0.2) is 11.5 Å². The number of nitrogens with one attached hydrogen (secondary N) is 1. The second-order valence-electron chi connectivity index (χ2n) is 7.54. The Hall–Kier alpha value is -2.81. The number of benzene rings is 1. The topological polar surface area (TPSA) is 97.4 Å². The lowest BCUT2D eigenvalue weighted by molar-refractivity contribution is -0.143. The van der Waals surface area contributed by atoms with Gasteiger partial charge in [0.05, 0.1) is 12.7 Å². The molecule has 0 spiro atoms. The predicted octanol–water partition coefficient (Wildman–Crippen LogP) is 0.516. The first-order valence-electron chi connectivity index (χ1n) is 9.28. The van der Waals surface area contributed by atoms with E-state index >= 15 is 0 Å². The molecule has 0 unspecified atom stereocenters. The van der Waals surface area contributed by atoms with Gasteiger partial charge in [-0.3, -0.25) is 14.5 Å². The number of carbonyl (C=O) groups excluding carboxylic acids is 3. The highest BCUT2D eigenvalue weighted by Gasteiger charge is 2.48. The average Bonchev–Trinajstić information content (AvgIpc) is 3.19. The van der Waals surface area contributed by atoms with Crippen LogP contribution < -0.4 is 14.8 Å². The Morgan fingerprint density at radius 1 is 1.29 bits per heavy atom. The van der Waals surface area contributed by atoms with Crippen LogP contribution in [-0.2, 0) is 20.7 Å². The van der Waals surface area contributed by atoms with E-state index in [1.165, 1.54) is 0 Å². The number of nitrogens with zero attached hydrogens (tertiary/aromatic N) is 2. The molecule has 28 heavy (non-hydrogen) atoms. The summed E-state index contributed by atoms with van der Waals surface area (Å²) in [5, 5.41) is 2.73. The minimum atomic E-state index is -1.12. The highest BCUT2D eigenvalue weighted by atomic mass is 16.7. The van der Waals surface area contributed by atoms with Gasteiger partial charge in [-0.2, -0.15) is 0 Å². The second-order valence-corrected chi connectivity index (χ2v) is 7.54. The van der Waals surface area contributed by atoms with Crippen molar-refractivity contribution in [1.29, 1.82) is 0 Å². The zero-order valence-corrected chi connectivity index (χ0v) is 15.9. The molecule has 3 aliphatic heterocycles. The van der Waals surface area contributed by atoms with Gasteiger partial charge in [0, 0.05) is 19.5 Å². The third-order valence-electron chi connectivity index (χ3n) is 5.23. The van der Waals surface area contributed by atoms with Crippen molar-refractivity contribution in [2.45, 2.75) is 31.9 Å². The molecule has 9 heteroatoms. The van der Waals surface area contributed by atoms with Gasteiger partial charge in [0.1, 0.15) is 12.1 Å². The van der Waals surface area contributed by atoms with E-state index in [1.54, 1.807) is 24.0 Å². The minimum Gasteiger partial charge on any atom is -0.454 e. The SMILES string of the molecule is C[C@H]1CN(C(=O)CN2C(=O)N[C@](C)(Cc3ccc4c(c3)OCO4)C2=O)CCO1. The molecular weight excluding hydrogens is 366 g/mol. The largest absolute Gasteiger partial charge is 0.454 e. The smallest absolute Gasteiger partial charge is 0.325 e. The number of hydrogen-bond acceptors (Lipinski definition) is 6. The van der Waals surface area contributed by atoms with E-state index in [2.05, 4.69) is 5.32 Å². The lowest BCUT2D eigenvalue weighted by Gasteiger charge is -2.32. The van der Waals surface area contributed by atoms with Crippen molar-refractivity contribution in [2.75, 3.05) is 33.0 Å². The van der Waals surface area contributed by atoms with Crippen LogP contribution in [0.3, 0.4) is 0 Å². The Bertz CT molecular complexity index is 828.